The van der Waals surface area contributed by atoms with Crippen LogP contribution in [0.4, 0.5) is 0 Å². The molecule has 2 heteroatoms. The molecule has 0 radical (unpaired) electrons. The van der Waals surface area contributed by atoms with Crippen molar-refractivity contribution in [2.45, 2.75) is 59.1 Å². The van der Waals surface area contributed by atoms with Crippen LogP contribution >= 0.6 is 0 Å². The van der Waals surface area contributed by atoms with E-state index in [0.717, 1.165) is 19.2 Å². The van der Waals surface area contributed by atoms with Crippen molar-refractivity contribution in [2.24, 2.45) is 5.41 Å². The van der Waals surface area contributed by atoms with Crippen molar-refractivity contribution < 1.29 is 4.74 Å². The topological polar surface area (TPSA) is 21.3 Å². The molecule has 0 aromatic carbocycles. The van der Waals surface area contributed by atoms with Gasteiger partial charge in [-0.05, 0) is 33.6 Å². The summed E-state index contributed by atoms with van der Waals surface area (Å²) in [5, 5.41) is 3.55. The largest absolute Gasteiger partial charge is 0.375 e. The molecule has 84 valence electrons. The standard InChI is InChI=1S/C12H25NO/c1-11(2,3)14-9-12(4,5)8-13-10-6-7-10/h10,13H,6-9H2,1-5H3. The van der Waals surface area contributed by atoms with Crippen molar-refractivity contribution in [3.8, 4) is 0 Å². The number of nitrogens with one attached hydrogen (secondary N) is 1. The van der Waals surface area contributed by atoms with Gasteiger partial charge in [0.2, 0.25) is 0 Å². The van der Waals surface area contributed by atoms with Crippen LogP contribution in [0.3, 0.4) is 0 Å². The molecule has 1 aliphatic rings. The predicted molar refractivity (Wildman–Crippen MR) is 60.5 cm³/mol. The molecule has 0 saturated heterocycles. The Bertz CT molecular complexity index is 177. The summed E-state index contributed by atoms with van der Waals surface area (Å²) in [5.41, 5.74) is 0.229. The number of hydrogen-bond acceptors (Lipinski definition) is 2. The molecule has 0 bridgehead atoms. The fourth-order valence-electron chi connectivity index (χ4n) is 1.17. The normalized spacial score (nSPS) is 18.6. The second-order valence-electron chi connectivity index (χ2n) is 6.22. The molecule has 0 aromatic heterocycles. The molecular weight excluding hydrogens is 174 g/mol. The van der Waals surface area contributed by atoms with E-state index >= 15 is 0 Å². The lowest BCUT2D eigenvalue weighted by Crippen LogP contribution is -2.37. The second kappa shape index (κ2) is 4.19. The van der Waals surface area contributed by atoms with E-state index in [4.69, 9.17) is 4.74 Å². The zero-order chi connectivity index (χ0) is 10.8. The summed E-state index contributed by atoms with van der Waals surface area (Å²) in [6, 6.07) is 0.795. The molecule has 0 heterocycles. The predicted octanol–water partition coefficient (Wildman–Crippen LogP) is 2.58. The van der Waals surface area contributed by atoms with Gasteiger partial charge in [-0.1, -0.05) is 13.8 Å². The summed E-state index contributed by atoms with van der Waals surface area (Å²) < 4.78 is 5.81. The van der Waals surface area contributed by atoms with Gasteiger partial charge in [0, 0.05) is 18.0 Å². The maximum atomic E-state index is 5.81. The summed E-state index contributed by atoms with van der Waals surface area (Å²) >= 11 is 0. The average molecular weight is 199 g/mol. The maximum absolute atomic E-state index is 5.81. The van der Waals surface area contributed by atoms with Crippen LogP contribution in [0, 0.1) is 5.41 Å². The Labute approximate surface area is 88.4 Å². The molecule has 0 aromatic rings. The molecule has 0 atom stereocenters. The highest BCUT2D eigenvalue weighted by molar-refractivity contribution is 4.84. The molecule has 0 aliphatic heterocycles. The van der Waals surface area contributed by atoms with Crippen molar-refractivity contribution in [1.29, 1.82) is 0 Å². The Balaban J connectivity index is 2.18. The average Bonchev–Trinajstić information content (AvgIpc) is 2.79. The Morgan fingerprint density at radius 1 is 1.14 bits per heavy atom. The number of ether oxygens (including phenoxy) is 1. The molecule has 0 unspecified atom stereocenters. The summed E-state index contributed by atoms with van der Waals surface area (Å²) in [4.78, 5) is 0. The van der Waals surface area contributed by atoms with Crippen molar-refractivity contribution in [1.82, 2.24) is 5.32 Å². The van der Waals surface area contributed by atoms with E-state index in [1.54, 1.807) is 0 Å². The summed E-state index contributed by atoms with van der Waals surface area (Å²) in [6.07, 6.45) is 2.71. The lowest BCUT2D eigenvalue weighted by atomic mass is 9.94. The van der Waals surface area contributed by atoms with E-state index in [1.165, 1.54) is 12.8 Å². The Kier molecular flexibility index (Phi) is 3.59. The molecule has 1 N–H and O–H groups in total. The Morgan fingerprint density at radius 2 is 1.71 bits per heavy atom. The zero-order valence-electron chi connectivity index (χ0n) is 10.3. The molecule has 0 spiro atoms. The summed E-state index contributed by atoms with van der Waals surface area (Å²) in [7, 11) is 0. The molecule has 1 rings (SSSR count). The highest BCUT2D eigenvalue weighted by Gasteiger charge is 2.26. The van der Waals surface area contributed by atoms with Crippen molar-refractivity contribution in [3.05, 3.63) is 0 Å². The fraction of sp³-hybridized carbons (Fsp3) is 1.00. The van der Waals surface area contributed by atoms with Crippen molar-refractivity contribution >= 4 is 0 Å². The first-order valence-corrected chi connectivity index (χ1v) is 5.66. The monoisotopic (exact) mass is 199 g/mol. The van der Waals surface area contributed by atoms with E-state index in [2.05, 4.69) is 39.9 Å². The Hall–Kier alpha value is -0.0800. The molecular formula is C12H25NO. The third-order valence-electron chi connectivity index (χ3n) is 2.34. The van der Waals surface area contributed by atoms with E-state index < -0.39 is 0 Å². The highest BCUT2D eigenvalue weighted by atomic mass is 16.5. The Morgan fingerprint density at radius 3 is 2.14 bits per heavy atom. The van der Waals surface area contributed by atoms with Crippen LogP contribution in [0.1, 0.15) is 47.5 Å². The highest BCUT2D eigenvalue weighted by Crippen LogP contribution is 2.23. The van der Waals surface area contributed by atoms with Gasteiger partial charge < -0.3 is 10.1 Å². The zero-order valence-corrected chi connectivity index (χ0v) is 10.3. The number of hydrogen-bond donors (Lipinski definition) is 1. The van der Waals surface area contributed by atoms with Gasteiger partial charge in [0.05, 0.1) is 12.2 Å². The van der Waals surface area contributed by atoms with Crippen molar-refractivity contribution in [2.75, 3.05) is 13.2 Å². The second-order valence-corrected chi connectivity index (χ2v) is 6.22. The van der Waals surface area contributed by atoms with E-state index in [1.807, 2.05) is 0 Å². The van der Waals surface area contributed by atoms with Gasteiger partial charge in [-0.15, -0.1) is 0 Å². The first kappa shape index (κ1) is 12.0. The number of rotatable bonds is 5. The van der Waals surface area contributed by atoms with Crippen LogP contribution in [0.5, 0.6) is 0 Å². The molecule has 1 saturated carbocycles. The lowest BCUT2D eigenvalue weighted by Gasteiger charge is -2.30. The fourth-order valence-corrected chi connectivity index (χ4v) is 1.17. The SMILES string of the molecule is CC(C)(CNC1CC1)COC(C)(C)C. The van der Waals surface area contributed by atoms with Gasteiger partial charge in [-0.25, -0.2) is 0 Å². The molecule has 1 aliphatic carbocycles. The van der Waals surface area contributed by atoms with Crippen LogP contribution in [-0.4, -0.2) is 24.8 Å². The van der Waals surface area contributed by atoms with Crippen LogP contribution in [-0.2, 0) is 4.74 Å². The molecule has 0 amide bonds. The van der Waals surface area contributed by atoms with Gasteiger partial charge in [0.15, 0.2) is 0 Å². The van der Waals surface area contributed by atoms with Gasteiger partial charge in [-0.2, -0.15) is 0 Å². The first-order chi connectivity index (χ1) is 6.29. The minimum Gasteiger partial charge on any atom is -0.375 e. The van der Waals surface area contributed by atoms with E-state index in [9.17, 15) is 0 Å². The lowest BCUT2D eigenvalue weighted by molar-refractivity contribution is -0.0424. The third kappa shape index (κ3) is 5.61. The van der Waals surface area contributed by atoms with Crippen LogP contribution in [0.15, 0.2) is 0 Å². The van der Waals surface area contributed by atoms with Gasteiger partial charge >= 0.3 is 0 Å². The van der Waals surface area contributed by atoms with Crippen LogP contribution < -0.4 is 5.32 Å². The van der Waals surface area contributed by atoms with Gasteiger partial charge in [-0.3, -0.25) is 0 Å². The summed E-state index contributed by atoms with van der Waals surface area (Å²) in [5.74, 6) is 0. The van der Waals surface area contributed by atoms with Gasteiger partial charge in [0.1, 0.15) is 0 Å². The van der Waals surface area contributed by atoms with E-state index in [-0.39, 0.29) is 11.0 Å². The minimum absolute atomic E-state index is 0.0170. The first-order valence-electron chi connectivity index (χ1n) is 5.66. The smallest absolute Gasteiger partial charge is 0.0598 e. The van der Waals surface area contributed by atoms with Gasteiger partial charge in [0.25, 0.3) is 0 Å². The van der Waals surface area contributed by atoms with Crippen LogP contribution in [0.2, 0.25) is 0 Å². The maximum Gasteiger partial charge on any atom is 0.0598 e. The van der Waals surface area contributed by atoms with E-state index in [0.29, 0.717) is 0 Å². The minimum atomic E-state index is -0.0170. The molecule has 14 heavy (non-hydrogen) atoms. The van der Waals surface area contributed by atoms with Crippen LogP contribution in [0.25, 0.3) is 0 Å². The van der Waals surface area contributed by atoms with Crippen molar-refractivity contribution in [3.63, 3.8) is 0 Å². The quantitative estimate of drug-likeness (QED) is 0.735. The molecule has 1 fully saturated rings. The third-order valence-corrected chi connectivity index (χ3v) is 2.34. The molecule has 2 nitrogen and oxygen atoms in total. The summed E-state index contributed by atoms with van der Waals surface area (Å²) in [6.45, 7) is 12.7.